The maximum Gasteiger partial charge on any atom is 0.310 e. The first-order valence-corrected chi connectivity index (χ1v) is 5.85. The molecule has 0 aromatic heterocycles. The fourth-order valence-electron chi connectivity index (χ4n) is 2.11. The molecule has 17 heavy (non-hydrogen) atoms. The fraction of sp³-hybridized carbons (Fsp3) is 0.692. The van der Waals surface area contributed by atoms with Crippen LogP contribution in [0.3, 0.4) is 0 Å². The van der Waals surface area contributed by atoms with Gasteiger partial charge in [0.15, 0.2) is 0 Å². The number of carbonyl (C=O) groups excluding carboxylic acids is 1. The van der Waals surface area contributed by atoms with Crippen molar-refractivity contribution in [2.75, 3.05) is 0 Å². The van der Waals surface area contributed by atoms with Gasteiger partial charge in [0.25, 0.3) is 0 Å². The van der Waals surface area contributed by atoms with Crippen LogP contribution in [0.25, 0.3) is 0 Å². The minimum absolute atomic E-state index is 0.00146. The summed E-state index contributed by atoms with van der Waals surface area (Å²) >= 11 is 0. The third-order valence-electron chi connectivity index (χ3n) is 3.15. The molecule has 1 aliphatic carbocycles. The van der Waals surface area contributed by atoms with Crippen LogP contribution < -0.4 is 0 Å². The lowest BCUT2D eigenvalue weighted by Gasteiger charge is -2.08. The molecule has 1 aliphatic rings. The van der Waals surface area contributed by atoms with Gasteiger partial charge in [-0.25, -0.2) is 0 Å². The first kappa shape index (κ1) is 13.7. The van der Waals surface area contributed by atoms with E-state index in [1.807, 2.05) is 33.8 Å². The highest BCUT2D eigenvalue weighted by atomic mass is 16.5. The number of carboxylic acid groups (broad SMARTS) is 1. The maximum absolute atomic E-state index is 11.8. The SMILES string of the molecule is CC(C)OC(=O)C1C(C=CCC(=O)O)C1(C)C. The molecule has 2 unspecified atom stereocenters. The van der Waals surface area contributed by atoms with Crippen molar-refractivity contribution >= 4 is 11.9 Å². The summed E-state index contributed by atoms with van der Waals surface area (Å²) in [7, 11) is 0. The zero-order chi connectivity index (χ0) is 13.2. The van der Waals surface area contributed by atoms with Crippen LogP contribution >= 0.6 is 0 Å². The van der Waals surface area contributed by atoms with Crippen LogP contribution in [-0.2, 0) is 14.3 Å². The molecule has 0 saturated heterocycles. The van der Waals surface area contributed by atoms with Crippen molar-refractivity contribution < 1.29 is 19.4 Å². The zero-order valence-corrected chi connectivity index (χ0v) is 10.8. The Kier molecular flexibility index (Phi) is 3.96. The average Bonchev–Trinajstić information content (AvgIpc) is 2.66. The second kappa shape index (κ2) is 4.90. The minimum atomic E-state index is -0.860. The Bertz CT molecular complexity index is 341. The van der Waals surface area contributed by atoms with Gasteiger partial charge in [-0.3, -0.25) is 9.59 Å². The van der Waals surface area contributed by atoms with Crippen molar-refractivity contribution in [1.29, 1.82) is 0 Å². The van der Waals surface area contributed by atoms with E-state index in [1.54, 1.807) is 6.08 Å². The zero-order valence-electron chi connectivity index (χ0n) is 10.8. The minimum Gasteiger partial charge on any atom is -0.481 e. The molecule has 2 atom stereocenters. The Labute approximate surface area is 102 Å². The second-order valence-corrected chi connectivity index (χ2v) is 5.34. The van der Waals surface area contributed by atoms with Crippen LogP contribution in [0, 0.1) is 17.3 Å². The van der Waals surface area contributed by atoms with Gasteiger partial charge in [-0.15, -0.1) is 0 Å². The number of carbonyl (C=O) groups is 2. The second-order valence-electron chi connectivity index (χ2n) is 5.34. The summed E-state index contributed by atoms with van der Waals surface area (Å²) in [5.74, 6) is -1.10. The van der Waals surface area contributed by atoms with Gasteiger partial charge < -0.3 is 9.84 Å². The Morgan fingerprint density at radius 1 is 1.41 bits per heavy atom. The monoisotopic (exact) mass is 240 g/mol. The Morgan fingerprint density at radius 2 is 2.00 bits per heavy atom. The lowest BCUT2D eigenvalue weighted by Crippen LogP contribution is -2.15. The smallest absolute Gasteiger partial charge is 0.310 e. The average molecular weight is 240 g/mol. The summed E-state index contributed by atoms with van der Waals surface area (Å²) in [4.78, 5) is 22.1. The van der Waals surface area contributed by atoms with Gasteiger partial charge in [0.05, 0.1) is 18.4 Å². The van der Waals surface area contributed by atoms with Gasteiger partial charge in [0.2, 0.25) is 0 Å². The summed E-state index contributed by atoms with van der Waals surface area (Å²) < 4.78 is 5.18. The number of aliphatic carboxylic acids is 1. The molecule has 96 valence electrons. The molecule has 4 nitrogen and oxygen atoms in total. The number of ether oxygens (including phenoxy) is 1. The molecule has 4 heteroatoms. The van der Waals surface area contributed by atoms with E-state index < -0.39 is 5.97 Å². The Balaban J connectivity index is 2.56. The number of rotatable bonds is 5. The molecule has 1 saturated carbocycles. The molecular weight excluding hydrogens is 220 g/mol. The van der Waals surface area contributed by atoms with Gasteiger partial charge in [-0.05, 0) is 25.2 Å². The van der Waals surface area contributed by atoms with E-state index in [0.717, 1.165) is 0 Å². The van der Waals surface area contributed by atoms with Crippen molar-refractivity contribution in [2.45, 2.75) is 40.2 Å². The van der Waals surface area contributed by atoms with Gasteiger partial charge >= 0.3 is 11.9 Å². The number of hydrogen-bond donors (Lipinski definition) is 1. The van der Waals surface area contributed by atoms with E-state index in [1.165, 1.54) is 0 Å². The lowest BCUT2D eigenvalue weighted by atomic mass is 10.1. The predicted octanol–water partition coefficient (Wildman–Crippen LogP) is 2.24. The molecule has 0 spiro atoms. The molecule has 1 N–H and O–H groups in total. The van der Waals surface area contributed by atoms with Crippen LogP contribution in [0.2, 0.25) is 0 Å². The Morgan fingerprint density at radius 3 is 2.47 bits per heavy atom. The topological polar surface area (TPSA) is 63.6 Å². The Hall–Kier alpha value is -1.32. The highest BCUT2D eigenvalue weighted by Gasteiger charge is 2.61. The van der Waals surface area contributed by atoms with Crippen molar-refractivity contribution in [3.63, 3.8) is 0 Å². The van der Waals surface area contributed by atoms with Crippen molar-refractivity contribution in [3.05, 3.63) is 12.2 Å². The van der Waals surface area contributed by atoms with Gasteiger partial charge in [-0.1, -0.05) is 26.0 Å². The van der Waals surface area contributed by atoms with Crippen LogP contribution in [0.15, 0.2) is 12.2 Å². The van der Waals surface area contributed by atoms with Gasteiger partial charge in [0, 0.05) is 0 Å². The number of hydrogen-bond acceptors (Lipinski definition) is 3. The summed E-state index contributed by atoms with van der Waals surface area (Å²) in [6.07, 6.45) is 3.32. The summed E-state index contributed by atoms with van der Waals surface area (Å²) in [6.45, 7) is 7.63. The van der Waals surface area contributed by atoms with Gasteiger partial charge in [-0.2, -0.15) is 0 Å². The number of carboxylic acids is 1. The number of allylic oxidation sites excluding steroid dienone is 1. The van der Waals surface area contributed by atoms with E-state index in [0.29, 0.717) is 0 Å². The molecule has 0 bridgehead atoms. The van der Waals surface area contributed by atoms with Gasteiger partial charge in [0.1, 0.15) is 0 Å². The molecule has 0 aromatic carbocycles. The molecular formula is C13H20O4. The van der Waals surface area contributed by atoms with E-state index >= 15 is 0 Å². The van der Waals surface area contributed by atoms with Crippen LogP contribution in [0.1, 0.15) is 34.1 Å². The molecule has 0 heterocycles. The highest BCUT2D eigenvalue weighted by molar-refractivity contribution is 5.78. The van der Waals surface area contributed by atoms with Crippen LogP contribution in [0.4, 0.5) is 0 Å². The molecule has 0 amide bonds. The summed E-state index contributed by atoms with van der Waals surface area (Å²) in [5.41, 5.74) is -0.124. The number of esters is 1. The summed E-state index contributed by atoms with van der Waals surface area (Å²) in [6, 6.07) is 0. The van der Waals surface area contributed by atoms with Crippen molar-refractivity contribution in [1.82, 2.24) is 0 Å². The molecule has 0 radical (unpaired) electrons. The van der Waals surface area contributed by atoms with E-state index in [-0.39, 0.29) is 35.7 Å². The quantitative estimate of drug-likeness (QED) is 0.591. The molecule has 1 fully saturated rings. The third-order valence-corrected chi connectivity index (χ3v) is 3.15. The largest absolute Gasteiger partial charge is 0.481 e. The van der Waals surface area contributed by atoms with Crippen molar-refractivity contribution in [3.8, 4) is 0 Å². The van der Waals surface area contributed by atoms with Crippen LogP contribution in [-0.4, -0.2) is 23.1 Å². The molecule has 0 aliphatic heterocycles. The normalized spacial score (nSPS) is 26.2. The maximum atomic E-state index is 11.8. The van der Waals surface area contributed by atoms with E-state index in [9.17, 15) is 9.59 Å². The standard InChI is InChI=1S/C13H20O4/c1-8(2)17-12(16)11-9(13(11,3)4)6-5-7-10(14)15/h5-6,8-9,11H,7H2,1-4H3,(H,14,15). The first-order valence-electron chi connectivity index (χ1n) is 5.85. The first-order chi connectivity index (χ1) is 7.76. The lowest BCUT2D eigenvalue weighted by molar-refractivity contribution is -0.150. The fourth-order valence-corrected chi connectivity index (χ4v) is 2.11. The molecule has 1 rings (SSSR count). The highest BCUT2D eigenvalue weighted by Crippen LogP contribution is 2.59. The predicted molar refractivity (Wildman–Crippen MR) is 63.4 cm³/mol. The third kappa shape index (κ3) is 3.32. The van der Waals surface area contributed by atoms with Crippen LogP contribution in [0.5, 0.6) is 0 Å². The van der Waals surface area contributed by atoms with Crippen molar-refractivity contribution in [2.24, 2.45) is 17.3 Å². The molecule has 0 aromatic rings. The van der Waals surface area contributed by atoms with E-state index in [2.05, 4.69) is 0 Å². The summed E-state index contributed by atoms with van der Waals surface area (Å²) in [5, 5.41) is 8.53. The van der Waals surface area contributed by atoms with E-state index in [4.69, 9.17) is 9.84 Å².